The van der Waals surface area contributed by atoms with Gasteiger partial charge in [0.1, 0.15) is 23.5 Å². The number of fused-ring (bicyclic) bond motifs is 5. The first kappa shape index (κ1) is 40.9. The van der Waals surface area contributed by atoms with E-state index in [2.05, 4.69) is 108 Å². The van der Waals surface area contributed by atoms with Crippen LogP contribution in [0.2, 0.25) is 0 Å². The molecule has 14 nitrogen and oxygen atoms in total. The average Bonchev–Trinajstić information content (AvgIpc) is 3.63. The number of urea groups is 1. The van der Waals surface area contributed by atoms with Gasteiger partial charge >= 0.3 is 6.03 Å². The first-order valence-corrected chi connectivity index (χ1v) is 24.1. The smallest absolute Gasteiger partial charge is 0.328 e. The van der Waals surface area contributed by atoms with Crippen molar-refractivity contribution in [2.45, 2.75) is 76.8 Å². The van der Waals surface area contributed by atoms with Gasteiger partial charge in [-0.25, -0.2) is 19.7 Å². The number of aromatic amines is 1. The van der Waals surface area contributed by atoms with E-state index >= 15 is 0 Å². The van der Waals surface area contributed by atoms with Gasteiger partial charge < -0.3 is 24.3 Å². The summed E-state index contributed by atoms with van der Waals surface area (Å²) in [6.07, 6.45) is 11.2. The Labute approximate surface area is 385 Å². The quantitative estimate of drug-likeness (QED) is 0.151. The number of piperidine rings is 1. The van der Waals surface area contributed by atoms with Crippen LogP contribution in [0.1, 0.15) is 84.4 Å². The minimum atomic E-state index is -0.347. The number of carbonyl (C=O) groups is 3. The molecule has 2 aliphatic carbocycles. The zero-order valence-electron chi connectivity index (χ0n) is 37.9. The van der Waals surface area contributed by atoms with E-state index < -0.39 is 0 Å². The number of hydrogen-bond donors (Lipinski definition) is 2. The number of aryl methyl sites for hydroxylation is 2. The Hall–Kier alpha value is -6.54. The highest BCUT2D eigenvalue weighted by Crippen LogP contribution is 2.57. The van der Waals surface area contributed by atoms with Crippen molar-refractivity contribution in [3.63, 3.8) is 0 Å². The third kappa shape index (κ3) is 7.20. The summed E-state index contributed by atoms with van der Waals surface area (Å²) in [5.74, 6) is 1.62. The first-order valence-electron chi connectivity index (χ1n) is 24.1. The maximum Gasteiger partial charge on any atom is 0.328 e. The van der Waals surface area contributed by atoms with Crippen molar-refractivity contribution in [1.29, 1.82) is 0 Å². The fourth-order valence-corrected chi connectivity index (χ4v) is 11.9. The molecular weight excluding hydrogens is 827 g/mol. The number of aromatic nitrogens is 5. The number of pyridine rings is 1. The highest BCUT2D eigenvalue weighted by atomic mass is 16.2. The minimum Gasteiger partial charge on any atom is -0.372 e. The Kier molecular flexibility index (Phi) is 9.99. The SMILES string of the molecule is Cc1cc(-c2ncnc3[nH]c(-c4ccc(N5CCN(CC6CCN(c7ccc(N8CCC(=O)NC8=O)cc7)CC6)CC5)nc4)cc23)ccc1C(C)N1CCn2c(cc3c2C2(CC3)CC2)C1=O. The van der Waals surface area contributed by atoms with Gasteiger partial charge in [0.05, 0.1) is 11.7 Å². The van der Waals surface area contributed by atoms with Crippen LogP contribution >= 0.6 is 0 Å². The molecule has 0 bridgehead atoms. The summed E-state index contributed by atoms with van der Waals surface area (Å²) in [7, 11) is 0. The normalized spacial score (nSPS) is 20.3. The number of rotatable bonds is 9. The number of hydrogen-bond acceptors (Lipinski definition) is 9. The Bertz CT molecular complexity index is 2860. The molecule has 2 aromatic carbocycles. The van der Waals surface area contributed by atoms with Crippen molar-refractivity contribution in [3.05, 3.63) is 107 Å². The number of anilines is 3. The number of imide groups is 1. The lowest BCUT2D eigenvalue weighted by molar-refractivity contribution is -0.120. The van der Waals surface area contributed by atoms with E-state index in [0.717, 1.165) is 140 Å². The molecule has 338 valence electrons. The standard InChI is InChI=1S/C52H57N11O3/c1-33-27-36(3-9-41(33)34(2)61-25-26-63-44(50(61)65)28-37-11-15-52(16-17-52)48(37)63)47-42-29-43(56-49(42)55-32-54-47)38-4-10-45(53-30-38)60-23-21-58(22-24-60)31-35-12-18-59(19-13-35)39-5-7-40(8-6-39)62-20-14-46(64)57-51(62)66/h3-10,27-30,32,34-35H,11-26,31H2,1-2H3,(H,54,55,56)(H,57,64,66). The molecule has 2 N–H and O–H groups in total. The van der Waals surface area contributed by atoms with Crippen LogP contribution in [-0.4, -0.2) is 111 Å². The highest BCUT2D eigenvalue weighted by Gasteiger charge is 2.52. The van der Waals surface area contributed by atoms with Crippen molar-refractivity contribution in [2.24, 2.45) is 5.92 Å². The second kappa shape index (κ2) is 16.1. The molecule has 3 saturated heterocycles. The molecule has 0 radical (unpaired) electrons. The zero-order valence-corrected chi connectivity index (χ0v) is 37.9. The summed E-state index contributed by atoms with van der Waals surface area (Å²) >= 11 is 0. The van der Waals surface area contributed by atoms with E-state index in [1.54, 1.807) is 11.2 Å². The average molecular weight is 884 g/mol. The molecule has 6 aromatic rings. The lowest BCUT2D eigenvalue weighted by Crippen LogP contribution is -2.49. The molecule has 4 aliphatic heterocycles. The van der Waals surface area contributed by atoms with Crippen LogP contribution in [0.3, 0.4) is 0 Å². The number of benzene rings is 2. The molecule has 4 fully saturated rings. The van der Waals surface area contributed by atoms with Gasteiger partial charge in [0.25, 0.3) is 5.91 Å². The predicted molar refractivity (Wildman–Crippen MR) is 256 cm³/mol. The van der Waals surface area contributed by atoms with E-state index in [4.69, 9.17) is 9.97 Å². The number of carbonyl (C=O) groups excluding carboxylic acids is 3. The van der Waals surface area contributed by atoms with E-state index in [-0.39, 0.29) is 23.9 Å². The molecule has 12 rings (SSSR count). The van der Waals surface area contributed by atoms with Gasteiger partial charge in [0.15, 0.2) is 0 Å². The van der Waals surface area contributed by atoms with Crippen LogP contribution < -0.4 is 20.0 Å². The van der Waals surface area contributed by atoms with Gasteiger partial charge in [-0.3, -0.25) is 24.7 Å². The Morgan fingerprint density at radius 3 is 2.29 bits per heavy atom. The summed E-state index contributed by atoms with van der Waals surface area (Å²) in [4.78, 5) is 66.8. The fourth-order valence-electron chi connectivity index (χ4n) is 11.9. The van der Waals surface area contributed by atoms with Crippen molar-refractivity contribution in [1.82, 2.24) is 39.6 Å². The Balaban J connectivity index is 0.650. The first-order chi connectivity index (χ1) is 32.2. The molecule has 1 atom stereocenters. The van der Waals surface area contributed by atoms with E-state index in [1.807, 2.05) is 18.3 Å². The highest BCUT2D eigenvalue weighted by molar-refractivity contribution is 6.05. The molecule has 66 heavy (non-hydrogen) atoms. The number of nitrogens with one attached hydrogen (secondary N) is 2. The van der Waals surface area contributed by atoms with Gasteiger partial charge in [0.2, 0.25) is 5.91 Å². The van der Waals surface area contributed by atoms with Crippen molar-refractivity contribution >= 4 is 46.1 Å². The number of amides is 4. The number of nitrogens with zero attached hydrogens (tertiary/aromatic N) is 9. The second-order valence-electron chi connectivity index (χ2n) is 19.6. The summed E-state index contributed by atoms with van der Waals surface area (Å²) in [5.41, 5.74) is 13.1. The van der Waals surface area contributed by atoms with E-state index in [1.165, 1.54) is 36.2 Å². The monoisotopic (exact) mass is 883 g/mol. The maximum atomic E-state index is 14.0. The number of H-pyrrole nitrogens is 1. The minimum absolute atomic E-state index is 0.0365. The van der Waals surface area contributed by atoms with Gasteiger partial charge in [-0.05, 0) is 130 Å². The van der Waals surface area contributed by atoms with Gasteiger partial charge in [-0.1, -0.05) is 12.1 Å². The fraction of sp³-hybridized carbons (Fsp3) is 0.423. The molecule has 6 aliphatic rings. The van der Waals surface area contributed by atoms with E-state index in [9.17, 15) is 14.4 Å². The summed E-state index contributed by atoms with van der Waals surface area (Å²) in [6, 6.07) is 22.9. The van der Waals surface area contributed by atoms with E-state index in [0.29, 0.717) is 24.3 Å². The molecule has 8 heterocycles. The van der Waals surface area contributed by atoms with Crippen molar-refractivity contribution in [3.8, 4) is 22.5 Å². The molecular formula is C52H57N11O3. The Morgan fingerprint density at radius 2 is 1.55 bits per heavy atom. The van der Waals surface area contributed by atoms with Gasteiger partial charge in [-0.2, -0.15) is 0 Å². The lowest BCUT2D eigenvalue weighted by Gasteiger charge is -2.39. The second-order valence-corrected chi connectivity index (χ2v) is 19.6. The summed E-state index contributed by atoms with van der Waals surface area (Å²) in [5, 5.41) is 3.37. The molecule has 14 heteroatoms. The van der Waals surface area contributed by atoms with Crippen LogP contribution in [0.25, 0.3) is 33.5 Å². The van der Waals surface area contributed by atoms with Crippen LogP contribution in [-0.2, 0) is 23.2 Å². The summed E-state index contributed by atoms with van der Waals surface area (Å²) in [6.45, 7) is 13.5. The molecule has 1 saturated carbocycles. The third-order valence-corrected chi connectivity index (χ3v) is 15.8. The number of piperazine rings is 1. The van der Waals surface area contributed by atoms with Crippen molar-refractivity contribution in [2.75, 3.05) is 73.6 Å². The van der Waals surface area contributed by atoms with Crippen LogP contribution in [0, 0.1) is 12.8 Å². The molecule has 1 spiro atoms. The summed E-state index contributed by atoms with van der Waals surface area (Å²) < 4.78 is 2.36. The third-order valence-electron chi connectivity index (χ3n) is 15.8. The zero-order chi connectivity index (χ0) is 44.7. The van der Waals surface area contributed by atoms with Gasteiger partial charge in [0, 0.05) is 123 Å². The molecule has 4 aromatic heterocycles. The molecule has 4 amide bonds. The Morgan fingerprint density at radius 1 is 0.758 bits per heavy atom. The van der Waals surface area contributed by atoms with Crippen LogP contribution in [0.4, 0.5) is 22.0 Å². The maximum absolute atomic E-state index is 14.0. The predicted octanol–water partition coefficient (Wildman–Crippen LogP) is 7.48. The van der Waals surface area contributed by atoms with Crippen LogP contribution in [0.5, 0.6) is 0 Å². The van der Waals surface area contributed by atoms with Crippen molar-refractivity contribution < 1.29 is 14.4 Å². The van der Waals surface area contributed by atoms with Crippen LogP contribution in [0.15, 0.2) is 79.3 Å². The van der Waals surface area contributed by atoms with Gasteiger partial charge in [-0.15, -0.1) is 0 Å². The topological polar surface area (TPSA) is 139 Å². The molecule has 1 unspecified atom stereocenters. The lowest BCUT2D eigenvalue weighted by atomic mass is 9.95. The largest absolute Gasteiger partial charge is 0.372 e.